The SMILES string of the molecule is CCCCC[C@H]1CC[C@H](C2CCC(CCc3ccc(-c4ccc(CCCI)cc4)cc3)CC2)CC1. The number of benzene rings is 2. The van der Waals surface area contributed by atoms with E-state index in [1.165, 1.54) is 117 Å². The largest absolute Gasteiger partial charge is 0.0864 e. The number of halogens is 1. The van der Waals surface area contributed by atoms with Gasteiger partial charge in [0.15, 0.2) is 0 Å². The Morgan fingerprint density at radius 2 is 1.06 bits per heavy atom. The molecule has 0 atom stereocenters. The van der Waals surface area contributed by atoms with E-state index in [1.54, 1.807) is 12.8 Å². The molecule has 0 N–H and O–H groups in total. The van der Waals surface area contributed by atoms with Gasteiger partial charge in [0.05, 0.1) is 0 Å². The molecule has 192 valence electrons. The molecule has 2 aromatic rings. The summed E-state index contributed by atoms with van der Waals surface area (Å²) in [4.78, 5) is 0. The van der Waals surface area contributed by atoms with Crippen LogP contribution in [0.1, 0.15) is 108 Å². The van der Waals surface area contributed by atoms with Crippen LogP contribution >= 0.6 is 22.6 Å². The minimum atomic E-state index is 0.964. The molecule has 0 aromatic heterocycles. The Bertz CT molecular complexity index is 820. The van der Waals surface area contributed by atoms with Crippen molar-refractivity contribution in [1.29, 1.82) is 0 Å². The maximum absolute atomic E-state index is 2.47. The molecule has 2 aliphatic rings. The van der Waals surface area contributed by atoms with Crippen molar-refractivity contribution in [3.63, 3.8) is 0 Å². The molecule has 0 nitrogen and oxygen atoms in total. The fourth-order valence-electron chi connectivity index (χ4n) is 6.95. The average molecular weight is 585 g/mol. The monoisotopic (exact) mass is 584 g/mol. The summed E-state index contributed by atoms with van der Waals surface area (Å²) >= 11 is 2.47. The van der Waals surface area contributed by atoms with E-state index in [0.29, 0.717) is 0 Å². The molecule has 0 aliphatic heterocycles. The molecule has 2 aliphatic carbocycles. The third-order valence-electron chi connectivity index (χ3n) is 9.35. The van der Waals surface area contributed by atoms with Crippen LogP contribution in [-0.2, 0) is 12.8 Å². The van der Waals surface area contributed by atoms with Crippen molar-refractivity contribution < 1.29 is 0 Å². The number of rotatable bonds is 12. The van der Waals surface area contributed by atoms with Gasteiger partial charge in [-0.25, -0.2) is 0 Å². The Kier molecular flexibility index (Phi) is 11.5. The number of hydrogen-bond donors (Lipinski definition) is 0. The van der Waals surface area contributed by atoms with E-state index in [2.05, 4.69) is 78.0 Å². The highest BCUT2D eigenvalue weighted by molar-refractivity contribution is 14.1. The average Bonchev–Trinajstić information content (AvgIpc) is 2.92. The molecule has 2 aromatic carbocycles. The molecule has 0 heterocycles. The first-order valence-corrected chi connectivity index (χ1v) is 16.5. The molecule has 2 saturated carbocycles. The highest BCUT2D eigenvalue weighted by atomic mass is 127. The van der Waals surface area contributed by atoms with Gasteiger partial charge in [-0.2, -0.15) is 0 Å². The standard InChI is InChI=1S/C34H49I/c1-2-3-4-6-27-10-18-31(19-11-27)33-22-14-29(15-23-33)8-9-30-16-24-34(25-17-30)32-20-12-28(13-21-32)7-5-26-35/h12-13,16-17,20-21,24-25,27,29,31,33H,2-11,14-15,18-19,22-23,26H2,1H3/t27-,29?,31-,33?. The lowest BCUT2D eigenvalue weighted by Crippen LogP contribution is -2.26. The molecule has 35 heavy (non-hydrogen) atoms. The first kappa shape index (κ1) is 27.2. The third kappa shape index (κ3) is 8.61. The highest BCUT2D eigenvalue weighted by Crippen LogP contribution is 2.43. The quantitative estimate of drug-likeness (QED) is 0.132. The molecule has 2 fully saturated rings. The van der Waals surface area contributed by atoms with Gasteiger partial charge in [0.2, 0.25) is 0 Å². The Morgan fingerprint density at radius 3 is 1.54 bits per heavy atom. The predicted molar refractivity (Wildman–Crippen MR) is 162 cm³/mol. The second-order valence-corrected chi connectivity index (χ2v) is 12.9. The third-order valence-corrected chi connectivity index (χ3v) is 10.1. The lowest BCUT2D eigenvalue weighted by Gasteiger charge is -2.38. The summed E-state index contributed by atoms with van der Waals surface area (Å²) in [6.45, 7) is 2.33. The van der Waals surface area contributed by atoms with Crippen molar-refractivity contribution in [3.05, 3.63) is 59.7 Å². The van der Waals surface area contributed by atoms with Gasteiger partial charge >= 0.3 is 0 Å². The Labute approximate surface area is 230 Å². The summed E-state index contributed by atoms with van der Waals surface area (Å²) in [7, 11) is 0. The number of unbranched alkanes of at least 4 members (excludes halogenated alkanes) is 2. The summed E-state index contributed by atoms with van der Waals surface area (Å²) in [6.07, 6.45) is 23.1. The number of aryl methyl sites for hydroxylation is 2. The van der Waals surface area contributed by atoms with E-state index in [9.17, 15) is 0 Å². The summed E-state index contributed by atoms with van der Waals surface area (Å²) in [5.74, 6) is 4.14. The van der Waals surface area contributed by atoms with Gasteiger partial charge in [0.25, 0.3) is 0 Å². The smallest absolute Gasteiger partial charge is 0.000156 e. The molecule has 0 bridgehead atoms. The molecular weight excluding hydrogens is 535 g/mol. The molecule has 4 rings (SSSR count). The minimum Gasteiger partial charge on any atom is -0.0864 e. The Balaban J connectivity index is 1.15. The van der Waals surface area contributed by atoms with Crippen molar-refractivity contribution in [3.8, 4) is 11.1 Å². The predicted octanol–water partition coefficient (Wildman–Crippen LogP) is 10.8. The van der Waals surface area contributed by atoms with Crippen LogP contribution in [0.2, 0.25) is 0 Å². The zero-order valence-electron chi connectivity index (χ0n) is 22.3. The lowest BCUT2D eigenvalue weighted by molar-refractivity contribution is 0.140. The second kappa shape index (κ2) is 14.8. The van der Waals surface area contributed by atoms with Crippen LogP contribution in [0.5, 0.6) is 0 Å². The van der Waals surface area contributed by atoms with Crippen molar-refractivity contribution in [2.24, 2.45) is 23.7 Å². The fraction of sp³-hybridized carbons (Fsp3) is 0.647. The van der Waals surface area contributed by atoms with Crippen LogP contribution in [-0.4, -0.2) is 4.43 Å². The van der Waals surface area contributed by atoms with E-state index < -0.39 is 0 Å². The normalized spacial score (nSPS) is 25.0. The van der Waals surface area contributed by atoms with E-state index in [-0.39, 0.29) is 0 Å². The van der Waals surface area contributed by atoms with Crippen molar-refractivity contribution in [2.75, 3.05) is 4.43 Å². The molecule has 0 saturated heterocycles. The molecule has 1 heteroatoms. The van der Waals surface area contributed by atoms with Gasteiger partial charge in [-0.15, -0.1) is 0 Å². The van der Waals surface area contributed by atoms with E-state index in [4.69, 9.17) is 0 Å². The van der Waals surface area contributed by atoms with Gasteiger partial charge in [-0.3, -0.25) is 0 Å². The number of hydrogen-bond acceptors (Lipinski definition) is 0. The van der Waals surface area contributed by atoms with Crippen LogP contribution in [0.4, 0.5) is 0 Å². The van der Waals surface area contributed by atoms with Crippen molar-refractivity contribution in [1.82, 2.24) is 0 Å². The van der Waals surface area contributed by atoms with Gasteiger partial charge in [-0.1, -0.05) is 129 Å². The fourth-order valence-corrected chi connectivity index (χ4v) is 7.33. The van der Waals surface area contributed by atoms with Crippen LogP contribution in [0, 0.1) is 23.7 Å². The summed E-state index contributed by atoms with van der Waals surface area (Å²) in [5, 5.41) is 0. The van der Waals surface area contributed by atoms with Crippen LogP contribution < -0.4 is 0 Å². The lowest BCUT2D eigenvalue weighted by atomic mass is 9.68. The number of alkyl halides is 1. The van der Waals surface area contributed by atoms with E-state index in [1.807, 2.05) is 0 Å². The summed E-state index contributed by atoms with van der Waals surface area (Å²) in [6, 6.07) is 18.7. The molecule has 0 radical (unpaired) electrons. The zero-order valence-corrected chi connectivity index (χ0v) is 24.5. The summed E-state index contributed by atoms with van der Waals surface area (Å²) < 4.78 is 1.24. The minimum absolute atomic E-state index is 0.964. The van der Waals surface area contributed by atoms with Crippen molar-refractivity contribution in [2.45, 2.75) is 110 Å². The van der Waals surface area contributed by atoms with Gasteiger partial charge in [0.1, 0.15) is 0 Å². The Morgan fingerprint density at radius 1 is 0.571 bits per heavy atom. The molecular formula is C34H49I. The van der Waals surface area contributed by atoms with Gasteiger partial charge in [0, 0.05) is 0 Å². The van der Waals surface area contributed by atoms with Crippen LogP contribution in [0.15, 0.2) is 48.5 Å². The van der Waals surface area contributed by atoms with E-state index in [0.717, 1.165) is 23.7 Å². The van der Waals surface area contributed by atoms with Gasteiger partial charge < -0.3 is 0 Å². The maximum atomic E-state index is 2.47. The van der Waals surface area contributed by atoms with Crippen LogP contribution in [0.3, 0.4) is 0 Å². The van der Waals surface area contributed by atoms with Gasteiger partial charge in [-0.05, 0) is 102 Å². The van der Waals surface area contributed by atoms with Crippen LogP contribution in [0.25, 0.3) is 11.1 Å². The summed E-state index contributed by atoms with van der Waals surface area (Å²) in [5.41, 5.74) is 5.70. The molecule has 0 spiro atoms. The van der Waals surface area contributed by atoms with E-state index >= 15 is 0 Å². The van der Waals surface area contributed by atoms with Crippen molar-refractivity contribution >= 4 is 22.6 Å². The highest BCUT2D eigenvalue weighted by Gasteiger charge is 2.30. The second-order valence-electron chi connectivity index (χ2n) is 11.8. The topological polar surface area (TPSA) is 0 Å². The zero-order chi connectivity index (χ0) is 24.3. The molecule has 0 amide bonds. The molecule has 0 unspecified atom stereocenters. The maximum Gasteiger partial charge on any atom is -0.000156 e. The first-order chi connectivity index (χ1) is 17.2. The Hall–Kier alpha value is -0.830. The first-order valence-electron chi connectivity index (χ1n) is 15.0.